The fourth-order valence-electron chi connectivity index (χ4n) is 10.4. The molecule has 0 aromatic heterocycles. The van der Waals surface area contributed by atoms with Crippen LogP contribution in [0.25, 0.3) is 0 Å². The van der Waals surface area contributed by atoms with Gasteiger partial charge in [0.15, 0.2) is 12.2 Å². The molecular formula is C69H134O17P2. The van der Waals surface area contributed by atoms with Gasteiger partial charge in [-0.25, -0.2) is 9.13 Å². The Hall–Kier alpha value is -1.94. The van der Waals surface area contributed by atoms with Crippen molar-refractivity contribution in [2.24, 2.45) is 17.8 Å². The molecular weight excluding hydrogens is 1160 g/mol. The molecule has 2 unspecified atom stereocenters. The lowest BCUT2D eigenvalue weighted by atomic mass is 10.0. The van der Waals surface area contributed by atoms with Crippen LogP contribution in [0.4, 0.5) is 0 Å². The molecule has 5 atom stereocenters. The summed E-state index contributed by atoms with van der Waals surface area (Å²) in [5.74, 6) is 0.0981. The Balaban J connectivity index is 5.18. The molecule has 0 aliphatic carbocycles. The van der Waals surface area contributed by atoms with Crippen LogP contribution in [0.15, 0.2) is 0 Å². The van der Waals surface area contributed by atoms with Gasteiger partial charge in [-0.2, -0.15) is 0 Å². The van der Waals surface area contributed by atoms with E-state index in [2.05, 4.69) is 48.5 Å². The molecule has 88 heavy (non-hydrogen) atoms. The quantitative estimate of drug-likeness (QED) is 0.0222. The zero-order valence-corrected chi connectivity index (χ0v) is 59.0. The lowest BCUT2D eigenvalue weighted by Gasteiger charge is -2.21. The van der Waals surface area contributed by atoms with Gasteiger partial charge >= 0.3 is 39.5 Å². The number of rotatable bonds is 67. The molecule has 3 N–H and O–H groups in total. The van der Waals surface area contributed by atoms with Gasteiger partial charge in [0.1, 0.15) is 19.3 Å². The van der Waals surface area contributed by atoms with E-state index in [0.717, 1.165) is 108 Å². The highest BCUT2D eigenvalue weighted by molar-refractivity contribution is 7.47. The molecule has 17 nitrogen and oxygen atoms in total. The summed E-state index contributed by atoms with van der Waals surface area (Å²) in [6.07, 6.45) is 43.3. The van der Waals surface area contributed by atoms with Crippen molar-refractivity contribution in [3.63, 3.8) is 0 Å². The van der Waals surface area contributed by atoms with Crippen molar-refractivity contribution in [3.05, 3.63) is 0 Å². The summed E-state index contributed by atoms with van der Waals surface area (Å²) in [5, 5.41) is 10.6. The normalized spacial score (nSPS) is 14.2. The number of esters is 4. The monoisotopic (exact) mass is 1300 g/mol. The molecule has 0 aromatic carbocycles. The Morgan fingerprint density at radius 2 is 0.523 bits per heavy atom. The molecule has 0 amide bonds. The van der Waals surface area contributed by atoms with Crippen LogP contribution >= 0.6 is 15.6 Å². The molecule has 0 bridgehead atoms. The molecule has 0 rings (SSSR count). The van der Waals surface area contributed by atoms with E-state index in [-0.39, 0.29) is 25.7 Å². The van der Waals surface area contributed by atoms with E-state index >= 15 is 0 Å². The van der Waals surface area contributed by atoms with Crippen LogP contribution in [-0.2, 0) is 65.4 Å². The number of aliphatic hydroxyl groups is 1. The minimum atomic E-state index is -4.95. The number of phosphoric acid groups is 2. The highest BCUT2D eigenvalue weighted by Gasteiger charge is 2.30. The molecule has 522 valence electrons. The lowest BCUT2D eigenvalue weighted by Crippen LogP contribution is -2.30. The third kappa shape index (κ3) is 62.8. The van der Waals surface area contributed by atoms with Crippen molar-refractivity contribution in [2.45, 2.75) is 362 Å². The van der Waals surface area contributed by atoms with Crippen LogP contribution in [-0.4, -0.2) is 96.7 Å². The van der Waals surface area contributed by atoms with E-state index in [4.69, 9.17) is 37.0 Å². The fourth-order valence-corrected chi connectivity index (χ4v) is 11.9. The van der Waals surface area contributed by atoms with Crippen molar-refractivity contribution < 1.29 is 80.2 Å². The predicted octanol–water partition coefficient (Wildman–Crippen LogP) is 19.5. The van der Waals surface area contributed by atoms with Gasteiger partial charge in [0.2, 0.25) is 0 Å². The van der Waals surface area contributed by atoms with Crippen LogP contribution in [0.2, 0.25) is 0 Å². The van der Waals surface area contributed by atoms with Gasteiger partial charge in [0.25, 0.3) is 0 Å². The van der Waals surface area contributed by atoms with Crippen LogP contribution in [0.3, 0.4) is 0 Å². The Kier molecular flexibility index (Phi) is 58.7. The van der Waals surface area contributed by atoms with Crippen LogP contribution in [0.5, 0.6) is 0 Å². The second-order valence-electron chi connectivity index (χ2n) is 26.3. The lowest BCUT2D eigenvalue weighted by molar-refractivity contribution is -0.161. The Bertz CT molecular complexity index is 1730. The average Bonchev–Trinajstić information content (AvgIpc) is 3.55. The van der Waals surface area contributed by atoms with E-state index in [1.54, 1.807) is 0 Å². The van der Waals surface area contributed by atoms with Crippen molar-refractivity contribution in [3.8, 4) is 0 Å². The zero-order valence-electron chi connectivity index (χ0n) is 57.2. The summed E-state index contributed by atoms with van der Waals surface area (Å²) < 4.78 is 68.1. The largest absolute Gasteiger partial charge is 0.472 e. The highest BCUT2D eigenvalue weighted by Crippen LogP contribution is 2.45. The topological polar surface area (TPSA) is 237 Å². The maximum Gasteiger partial charge on any atom is 0.472 e. The first-order chi connectivity index (χ1) is 42.2. The molecule has 0 saturated heterocycles. The van der Waals surface area contributed by atoms with Crippen LogP contribution in [0, 0.1) is 17.8 Å². The Morgan fingerprint density at radius 1 is 0.307 bits per heavy atom. The van der Waals surface area contributed by atoms with Crippen molar-refractivity contribution >= 4 is 39.5 Å². The number of unbranched alkanes of at least 4 members (excludes halogenated alkanes) is 35. The van der Waals surface area contributed by atoms with Gasteiger partial charge in [0.05, 0.1) is 26.4 Å². The van der Waals surface area contributed by atoms with Crippen LogP contribution in [0.1, 0.15) is 344 Å². The first-order valence-corrected chi connectivity index (χ1v) is 38.8. The standard InChI is InChI=1S/C69H134O17P2/c1-8-9-10-11-12-29-36-43-50-66(71)79-56-65(86-69(74)53-46-39-32-25-28-35-42-49-62(6)7)59-84-88(77,78)82-55-63(70)54-81-87(75,76)83-58-64(57-80-67(72)51-44-37-30-24-23-27-34-41-48-61(4)5)85-68(73)52-45-38-31-22-20-18-16-14-13-15-17-19-21-26-33-40-47-60(2)3/h60-65,70H,8-59H2,1-7H3,(H,75,76)(H,77,78)/t63-,64-,65-/m1/s1. The van der Waals surface area contributed by atoms with Crippen molar-refractivity contribution in [1.82, 2.24) is 0 Å². The number of aliphatic hydroxyl groups excluding tert-OH is 1. The number of phosphoric ester groups is 2. The first-order valence-electron chi connectivity index (χ1n) is 35.8. The SMILES string of the molecule is CCCCCCCCCCC(=O)OC[C@H](COP(=O)(O)OC[C@H](O)COP(=O)(O)OC[C@@H](COC(=O)CCCCCCCCCCC(C)C)OC(=O)CCCCCCCCCCCCCCCCCCC(C)C)OC(=O)CCCCCCCCCC(C)C. The number of carbonyl (C=O) groups excluding carboxylic acids is 4. The summed E-state index contributed by atoms with van der Waals surface area (Å²) >= 11 is 0. The van der Waals surface area contributed by atoms with Gasteiger partial charge in [0, 0.05) is 25.7 Å². The molecule has 0 fully saturated rings. The number of carbonyl (C=O) groups is 4. The fraction of sp³-hybridized carbons (Fsp3) is 0.942. The molecule has 0 heterocycles. The molecule has 0 aliphatic rings. The molecule has 0 spiro atoms. The van der Waals surface area contributed by atoms with Crippen molar-refractivity contribution in [2.75, 3.05) is 39.6 Å². The molecule has 19 heteroatoms. The van der Waals surface area contributed by atoms with E-state index in [1.807, 2.05) is 0 Å². The van der Waals surface area contributed by atoms with Crippen molar-refractivity contribution in [1.29, 1.82) is 0 Å². The second-order valence-corrected chi connectivity index (χ2v) is 29.3. The number of hydrogen-bond donors (Lipinski definition) is 3. The highest BCUT2D eigenvalue weighted by atomic mass is 31.2. The maximum absolute atomic E-state index is 13.0. The summed E-state index contributed by atoms with van der Waals surface area (Å²) in [6.45, 7) is 11.7. The molecule has 0 radical (unpaired) electrons. The van der Waals surface area contributed by atoms with Gasteiger partial charge in [-0.15, -0.1) is 0 Å². The molecule has 0 aromatic rings. The minimum Gasteiger partial charge on any atom is -0.462 e. The second kappa shape index (κ2) is 60.0. The summed E-state index contributed by atoms with van der Waals surface area (Å²) in [5.41, 5.74) is 0. The first kappa shape index (κ1) is 86.1. The third-order valence-corrected chi connectivity index (χ3v) is 17.8. The predicted molar refractivity (Wildman–Crippen MR) is 354 cm³/mol. The maximum atomic E-state index is 13.0. The van der Waals surface area contributed by atoms with Gasteiger partial charge in [-0.1, -0.05) is 292 Å². The van der Waals surface area contributed by atoms with E-state index in [0.29, 0.717) is 31.6 Å². The molecule has 0 aliphatic heterocycles. The Labute approximate surface area is 537 Å². The summed E-state index contributed by atoms with van der Waals surface area (Å²) in [4.78, 5) is 72.3. The summed E-state index contributed by atoms with van der Waals surface area (Å²) in [7, 11) is -9.89. The van der Waals surface area contributed by atoms with E-state index < -0.39 is 97.5 Å². The van der Waals surface area contributed by atoms with Crippen LogP contribution < -0.4 is 0 Å². The minimum absolute atomic E-state index is 0.103. The average molecular weight is 1300 g/mol. The number of hydrogen-bond acceptors (Lipinski definition) is 15. The number of ether oxygens (including phenoxy) is 4. The third-order valence-electron chi connectivity index (χ3n) is 15.9. The van der Waals surface area contributed by atoms with Gasteiger partial charge in [-0.05, 0) is 43.4 Å². The van der Waals surface area contributed by atoms with Gasteiger partial charge in [-0.3, -0.25) is 37.3 Å². The zero-order chi connectivity index (χ0) is 65.2. The van der Waals surface area contributed by atoms with E-state index in [9.17, 15) is 43.2 Å². The Morgan fingerprint density at radius 3 is 0.773 bits per heavy atom. The summed E-state index contributed by atoms with van der Waals surface area (Å²) in [6, 6.07) is 0. The molecule has 0 saturated carbocycles. The smallest absolute Gasteiger partial charge is 0.462 e. The van der Waals surface area contributed by atoms with Gasteiger partial charge < -0.3 is 33.8 Å². The van der Waals surface area contributed by atoms with E-state index in [1.165, 1.54) is 148 Å².